The van der Waals surface area contributed by atoms with Crippen LogP contribution >= 0.6 is 0 Å². The van der Waals surface area contributed by atoms with Gasteiger partial charge in [-0.2, -0.15) is 5.10 Å². The number of nitrogens with zero attached hydrogens (tertiary/aromatic N) is 2. The summed E-state index contributed by atoms with van der Waals surface area (Å²) in [5.74, 6) is 1.23. The summed E-state index contributed by atoms with van der Waals surface area (Å²) in [6.45, 7) is 1.89. The van der Waals surface area contributed by atoms with Crippen LogP contribution in [0.4, 0.5) is 5.82 Å². The number of carbonyl (C=O) groups is 1. The van der Waals surface area contributed by atoms with E-state index < -0.39 is 0 Å². The topological polar surface area (TPSA) is 59.0 Å². The van der Waals surface area contributed by atoms with Gasteiger partial charge in [-0.1, -0.05) is 0 Å². The van der Waals surface area contributed by atoms with Crippen LogP contribution in [0, 0.1) is 5.92 Å². The summed E-state index contributed by atoms with van der Waals surface area (Å²) in [5.41, 5.74) is 2.41. The summed E-state index contributed by atoms with van der Waals surface area (Å²) in [6, 6.07) is 0. The third-order valence-electron chi connectivity index (χ3n) is 4.02. The van der Waals surface area contributed by atoms with Crippen molar-refractivity contribution in [3.63, 3.8) is 0 Å². The van der Waals surface area contributed by atoms with Crippen molar-refractivity contribution in [3.8, 4) is 0 Å². The molecule has 5 heteroatoms. The molecular weight excluding hydrogens is 228 g/mol. The Balaban J connectivity index is 1.74. The molecule has 1 fully saturated rings. The van der Waals surface area contributed by atoms with Crippen LogP contribution in [-0.4, -0.2) is 28.8 Å². The van der Waals surface area contributed by atoms with Crippen LogP contribution in [0.1, 0.15) is 30.5 Å². The fourth-order valence-corrected chi connectivity index (χ4v) is 2.98. The maximum absolute atomic E-state index is 12.2. The number of carbonyl (C=O) groups excluding carboxylic acids is 1. The molecule has 0 saturated carbocycles. The Morgan fingerprint density at radius 2 is 2.17 bits per heavy atom. The SMILES string of the molecule is Cn1nc2c(c1NC(=O)C1CCNCC1)CCC2. The highest BCUT2D eigenvalue weighted by Crippen LogP contribution is 2.28. The van der Waals surface area contributed by atoms with Gasteiger partial charge in [-0.25, -0.2) is 0 Å². The van der Waals surface area contributed by atoms with Crippen molar-refractivity contribution < 1.29 is 4.79 Å². The Hall–Kier alpha value is -1.36. The van der Waals surface area contributed by atoms with E-state index >= 15 is 0 Å². The first kappa shape index (κ1) is 11.7. The number of fused-ring (bicyclic) bond motifs is 1. The molecule has 2 N–H and O–H groups in total. The summed E-state index contributed by atoms with van der Waals surface area (Å²) in [6.07, 6.45) is 5.13. The predicted octanol–water partition coefficient (Wildman–Crippen LogP) is 0.847. The maximum Gasteiger partial charge on any atom is 0.228 e. The van der Waals surface area contributed by atoms with Gasteiger partial charge in [0.05, 0.1) is 5.69 Å². The van der Waals surface area contributed by atoms with E-state index in [2.05, 4.69) is 15.7 Å². The average Bonchev–Trinajstić information content (AvgIpc) is 2.94. The van der Waals surface area contributed by atoms with Gasteiger partial charge in [-0.3, -0.25) is 9.48 Å². The Kier molecular flexibility index (Phi) is 3.07. The van der Waals surface area contributed by atoms with Crippen LogP contribution in [0.25, 0.3) is 0 Å². The minimum absolute atomic E-state index is 0.151. The van der Waals surface area contributed by atoms with Crippen LogP contribution in [0.5, 0.6) is 0 Å². The molecule has 1 aliphatic carbocycles. The molecule has 2 aliphatic rings. The molecule has 1 aliphatic heterocycles. The number of aryl methyl sites for hydroxylation is 2. The Labute approximate surface area is 107 Å². The molecule has 1 aromatic heterocycles. The number of rotatable bonds is 2. The molecule has 0 aromatic carbocycles. The molecule has 1 saturated heterocycles. The first-order valence-electron chi connectivity index (χ1n) is 6.82. The van der Waals surface area contributed by atoms with E-state index in [1.54, 1.807) is 0 Å². The summed E-state index contributed by atoms with van der Waals surface area (Å²) < 4.78 is 1.82. The zero-order chi connectivity index (χ0) is 12.5. The molecule has 2 heterocycles. The number of piperidine rings is 1. The van der Waals surface area contributed by atoms with Crippen LogP contribution in [-0.2, 0) is 24.7 Å². The van der Waals surface area contributed by atoms with Crippen LogP contribution in [0.3, 0.4) is 0 Å². The number of hydrogen-bond acceptors (Lipinski definition) is 3. The second-order valence-corrected chi connectivity index (χ2v) is 5.26. The first-order chi connectivity index (χ1) is 8.75. The molecule has 0 bridgehead atoms. The van der Waals surface area contributed by atoms with E-state index in [4.69, 9.17) is 0 Å². The second kappa shape index (κ2) is 4.72. The van der Waals surface area contributed by atoms with E-state index in [0.717, 1.165) is 56.7 Å². The molecule has 3 rings (SSSR count). The molecule has 0 spiro atoms. The van der Waals surface area contributed by atoms with Gasteiger partial charge in [0.1, 0.15) is 5.82 Å². The lowest BCUT2D eigenvalue weighted by atomic mass is 9.97. The van der Waals surface area contributed by atoms with Gasteiger partial charge in [-0.05, 0) is 45.2 Å². The quantitative estimate of drug-likeness (QED) is 0.815. The monoisotopic (exact) mass is 248 g/mol. The minimum atomic E-state index is 0.151. The highest BCUT2D eigenvalue weighted by molar-refractivity contribution is 5.92. The molecule has 5 nitrogen and oxygen atoms in total. The van der Waals surface area contributed by atoms with Crippen molar-refractivity contribution >= 4 is 11.7 Å². The highest BCUT2D eigenvalue weighted by atomic mass is 16.2. The lowest BCUT2D eigenvalue weighted by Crippen LogP contribution is -2.35. The van der Waals surface area contributed by atoms with Crippen molar-refractivity contribution in [3.05, 3.63) is 11.3 Å². The van der Waals surface area contributed by atoms with Gasteiger partial charge < -0.3 is 10.6 Å². The van der Waals surface area contributed by atoms with Gasteiger partial charge in [-0.15, -0.1) is 0 Å². The molecule has 98 valence electrons. The smallest absolute Gasteiger partial charge is 0.228 e. The molecular formula is C13H20N4O. The second-order valence-electron chi connectivity index (χ2n) is 5.26. The van der Waals surface area contributed by atoms with E-state index in [1.165, 1.54) is 5.56 Å². The third kappa shape index (κ3) is 2.03. The Morgan fingerprint density at radius 3 is 2.94 bits per heavy atom. The zero-order valence-electron chi connectivity index (χ0n) is 10.8. The average molecular weight is 248 g/mol. The standard InChI is InChI=1S/C13H20N4O/c1-17-12(10-3-2-4-11(10)16-17)15-13(18)9-5-7-14-8-6-9/h9,14H,2-8H2,1H3,(H,15,18). The van der Waals surface area contributed by atoms with Crippen molar-refractivity contribution in [1.82, 2.24) is 15.1 Å². The van der Waals surface area contributed by atoms with Crippen molar-refractivity contribution in [2.45, 2.75) is 32.1 Å². The molecule has 18 heavy (non-hydrogen) atoms. The van der Waals surface area contributed by atoms with Crippen molar-refractivity contribution in [1.29, 1.82) is 0 Å². The third-order valence-corrected chi connectivity index (χ3v) is 4.02. The van der Waals surface area contributed by atoms with E-state index in [0.29, 0.717) is 0 Å². The van der Waals surface area contributed by atoms with Gasteiger partial charge in [0, 0.05) is 18.5 Å². The largest absolute Gasteiger partial charge is 0.317 e. The lowest BCUT2D eigenvalue weighted by Gasteiger charge is -2.22. The van der Waals surface area contributed by atoms with E-state index in [9.17, 15) is 4.79 Å². The lowest BCUT2D eigenvalue weighted by molar-refractivity contribution is -0.120. The fraction of sp³-hybridized carbons (Fsp3) is 0.692. The van der Waals surface area contributed by atoms with Gasteiger partial charge in [0.2, 0.25) is 5.91 Å². The number of anilines is 1. The first-order valence-corrected chi connectivity index (χ1v) is 6.82. The summed E-state index contributed by atoms with van der Waals surface area (Å²) in [5, 5.41) is 10.9. The summed E-state index contributed by atoms with van der Waals surface area (Å²) in [7, 11) is 1.91. The number of aromatic nitrogens is 2. The molecule has 1 amide bonds. The van der Waals surface area contributed by atoms with Crippen LogP contribution in [0.15, 0.2) is 0 Å². The van der Waals surface area contributed by atoms with Crippen LogP contribution < -0.4 is 10.6 Å². The highest BCUT2D eigenvalue weighted by Gasteiger charge is 2.25. The van der Waals surface area contributed by atoms with Gasteiger partial charge in [0.15, 0.2) is 0 Å². The Bertz CT molecular complexity index is 460. The Morgan fingerprint density at radius 1 is 1.39 bits per heavy atom. The van der Waals surface area contributed by atoms with E-state index in [1.807, 2.05) is 11.7 Å². The molecule has 0 atom stereocenters. The number of hydrogen-bond donors (Lipinski definition) is 2. The van der Waals surface area contributed by atoms with Gasteiger partial charge in [0.25, 0.3) is 0 Å². The normalized spacial score (nSPS) is 19.8. The maximum atomic E-state index is 12.2. The van der Waals surface area contributed by atoms with Gasteiger partial charge >= 0.3 is 0 Å². The fourth-order valence-electron chi connectivity index (χ4n) is 2.98. The molecule has 1 aromatic rings. The summed E-state index contributed by atoms with van der Waals surface area (Å²) in [4.78, 5) is 12.2. The number of amides is 1. The zero-order valence-corrected chi connectivity index (χ0v) is 10.8. The van der Waals surface area contributed by atoms with Crippen LogP contribution in [0.2, 0.25) is 0 Å². The minimum Gasteiger partial charge on any atom is -0.317 e. The number of nitrogens with one attached hydrogen (secondary N) is 2. The van der Waals surface area contributed by atoms with E-state index in [-0.39, 0.29) is 11.8 Å². The molecule has 0 unspecified atom stereocenters. The predicted molar refractivity (Wildman–Crippen MR) is 69.5 cm³/mol. The summed E-state index contributed by atoms with van der Waals surface area (Å²) >= 11 is 0. The van der Waals surface area contributed by atoms with Crippen molar-refractivity contribution in [2.75, 3.05) is 18.4 Å². The molecule has 0 radical (unpaired) electrons. The van der Waals surface area contributed by atoms with Crippen molar-refractivity contribution in [2.24, 2.45) is 13.0 Å².